The van der Waals surface area contributed by atoms with Gasteiger partial charge < -0.3 is 19.5 Å². The molecule has 0 saturated heterocycles. The number of amides is 1. The largest absolute Gasteiger partial charge is 0.465 e. The predicted molar refractivity (Wildman–Crippen MR) is 110 cm³/mol. The van der Waals surface area contributed by atoms with Crippen LogP contribution in [0.15, 0.2) is 30.3 Å². The maximum absolute atomic E-state index is 12.7. The lowest BCUT2D eigenvalue weighted by Gasteiger charge is -2.05. The molecule has 0 fully saturated rings. The third-order valence-electron chi connectivity index (χ3n) is 4.33. The molecule has 2 heterocycles. The number of hydrogen-bond donors (Lipinski definition) is 2. The number of nitrogens with one attached hydrogen (secondary N) is 2. The summed E-state index contributed by atoms with van der Waals surface area (Å²) in [6.45, 7) is -1.39. The zero-order chi connectivity index (χ0) is 23.4. The Morgan fingerprint density at radius 3 is 2.34 bits per heavy atom. The van der Waals surface area contributed by atoms with E-state index in [0.717, 1.165) is 11.3 Å². The second-order valence-corrected chi connectivity index (χ2v) is 7.29. The fraction of sp³-hybridized carbons (Fsp3) is 0.200. The van der Waals surface area contributed by atoms with Crippen molar-refractivity contribution in [2.24, 2.45) is 0 Å². The van der Waals surface area contributed by atoms with Gasteiger partial charge in [-0.3, -0.25) is 9.89 Å². The van der Waals surface area contributed by atoms with Gasteiger partial charge in [-0.05, 0) is 42.8 Å². The summed E-state index contributed by atoms with van der Waals surface area (Å²) in [6.07, 6.45) is 0. The average Bonchev–Trinajstić information content (AvgIpc) is 3.38. The number of esters is 2. The van der Waals surface area contributed by atoms with Crippen molar-refractivity contribution in [2.45, 2.75) is 13.5 Å². The molecule has 0 saturated carbocycles. The maximum atomic E-state index is 12.7. The van der Waals surface area contributed by atoms with E-state index in [1.807, 2.05) is 0 Å². The molecule has 0 aliphatic carbocycles. The highest BCUT2D eigenvalue weighted by Crippen LogP contribution is 2.34. The van der Waals surface area contributed by atoms with Crippen molar-refractivity contribution in [1.82, 2.24) is 10.2 Å². The summed E-state index contributed by atoms with van der Waals surface area (Å²) in [6, 6.07) is 7.16. The summed E-state index contributed by atoms with van der Waals surface area (Å²) in [5.41, 5.74) is 1.36. The monoisotopic (exact) mass is 465 g/mol. The number of rotatable bonds is 7. The van der Waals surface area contributed by atoms with Gasteiger partial charge in [0, 0.05) is 5.56 Å². The molecule has 0 aliphatic heterocycles. The zero-order valence-corrected chi connectivity index (χ0v) is 17.8. The quantitative estimate of drug-likeness (QED) is 0.508. The molecule has 32 heavy (non-hydrogen) atoms. The number of carbonyl (C=O) groups is 3. The summed E-state index contributed by atoms with van der Waals surface area (Å²) in [5, 5.41) is 9.30. The van der Waals surface area contributed by atoms with Gasteiger partial charge in [0.25, 0.3) is 5.91 Å². The lowest BCUT2D eigenvalue weighted by atomic mass is 10.1. The molecule has 0 bridgehead atoms. The number of hydrogen-bond acceptors (Lipinski definition) is 8. The Morgan fingerprint density at radius 1 is 1.09 bits per heavy atom. The van der Waals surface area contributed by atoms with Crippen LogP contribution in [0, 0.1) is 6.92 Å². The van der Waals surface area contributed by atoms with E-state index in [0.29, 0.717) is 16.8 Å². The first-order valence-electron chi connectivity index (χ1n) is 8.97. The number of nitrogens with zero attached hydrogens (tertiary/aromatic N) is 1. The molecule has 0 spiro atoms. The molecule has 0 aliphatic rings. The van der Waals surface area contributed by atoms with Crippen molar-refractivity contribution >= 4 is 34.2 Å². The SMILES string of the molecule is COC(=O)c1sc(NC(=O)c2cc(-c3ccc(OC(F)F)cc3)n[nH]2)c(C(=O)OC)c1C. The van der Waals surface area contributed by atoms with Gasteiger partial charge in [-0.2, -0.15) is 13.9 Å². The molecule has 12 heteroatoms. The van der Waals surface area contributed by atoms with E-state index in [2.05, 4.69) is 20.3 Å². The molecule has 0 unspecified atom stereocenters. The normalized spacial score (nSPS) is 10.7. The summed E-state index contributed by atoms with van der Waals surface area (Å²) < 4.78 is 38.3. The van der Waals surface area contributed by atoms with Crippen LogP contribution in [0.4, 0.5) is 13.8 Å². The fourth-order valence-electron chi connectivity index (χ4n) is 2.80. The zero-order valence-electron chi connectivity index (χ0n) is 17.0. The molecule has 3 rings (SSSR count). The Labute approximate surface area is 184 Å². The van der Waals surface area contributed by atoms with E-state index in [-0.39, 0.29) is 26.9 Å². The third-order valence-corrected chi connectivity index (χ3v) is 5.52. The number of methoxy groups -OCH3 is 2. The van der Waals surface area contributed by atoms with Crippen molar-refractivity contribution < 1.29 is 37.4 Å². The van der Waals surface area contributed by atoms with Crippen LogP contribution in [0.2, 0.25) is 0 Å². The first-order chi connectivity index (χ1) is 15.2. The Hall–Kier alpha value is -3.80. The second-order valence-electron chi connectivity index (χ2n) is 6.27. The van der Waals surface area contributed by atoms with Crippen LogP contribution in [-0.4, -0.2) is 48.9 Å². The van der Waals surface area contributed by atoms with Crippen molar-refractivity contribution in [3.05, 3.63) is 52.0 Å². The topological polar surface area (TPSA) is 120 Å². The minimum absolute atomic E-state index is 0.0120. The highest BCUT2D eigenvalue weighted by Gasteiger charge is 2.27. The van der Waals surface area contributed by atoms with E-state index in [9.17, 15) is 23.2 Å². The number of aromatic amines is 1. The number of anilines is 1. The summed E-state index contributed by atoms with van der Waals surface area (Å²) >= 11 is 0.878. The van der Waals surface area contributed by atoms with E-state index in [1.165, 1.54) is 44.6 Å². The van der Waals surface area contributed by atoms with Crippen LogP contribution in [0.3, 0.4) is 0 Å². The molecule has 2 aromatic heterocycles. The second kappa shape index (κ2) is 9.56. The van der Waals surface area contributed by atoms with Gasteiger partial charge in [0.05, 0.1) is 25.5 Å². The van der Waals surface area contributed by atoms with Crippen LogP contribution in [0.5, 0.6) is 5.75 Å². The lowest BCUT2D eigenvalue weighted by Crippen LogP contribution is -2.14. The number of thiophene rings is 1. The number of aromatic nitrogens is 2. The van der Waals surface area contributed by atoms with Gasteiger partial charge in [-0.1, -0.05) is 0 Å². The predicted octanol–water partition coefficient (Wildman–Crippen LogP) is 3.87. The standard InChI is InChI=1S/C20H17F2N3O6S/c1-9-14(18(27)29-2)17(32-15(9)19(28)30-3)23-16(26)13-8-12(24-25-13)10-4-6-11(7-5-10)31-20(21)22/h4-8,20H,1-3H3,(H,23,26)(H,24,25). The molecule has 9 nitrogen and oxygen atoms in total. The van der Waals surface area contributed by atoms with Crippen LogP contribution in [0.25, 0.3) is 11.3 Å². The molecule has 0 radical (unpaired) electrons. The lowest BCUT2D eigenvalue weighted by molar-refractivity contribution is -0.0498. The summed E-state index contributed by atoms with van der Waals surface area (Å²) in [5.74, 6) is -2.01. The minimum Gasteiger partial charge on any atom is -0.465 e. The van der Waals surface area contributed by atoms with Gasteiger partial charge in [-0.25, -0.2) is 9.59 Å². The Morgan fingerprint density at radius 2 is 1.75 bits per heavy atom. The van der Waals surface area contributed by atoms with E-state index in [1.54, 1.807) is 6.92 Å². The fourth-order valence-corrected chi connectivity index (χ4v) is 3.91. The van der Waals surface area contributed by atoms with Crippen LogP contribution in [0.1, 0.15) is 36.1 Å². The summed E-state index contributed by atoms with van der Waals surface area (Å²) in [4.78, 5) is 37.0. The first-order valence-corrected chi connectivity index (χ1v) is 9.78. The molecule has 1 aromatic carbocycles. The third kappa shape index (κ3) is 4.75. The highest BCUT2D eigenvalue weighted by atomic mass is 32.1. The first kappa shape index (κ1) is 22.9. The smallest absolute Gasteiger partial charge is 0.387 e. The molecule has 3 aromatic rings. The number of carbonyl (C=O) groups excluding carboxylic acids is 3. The van der Waals surface area contributed by atoms with Crippen LogP contribution < -0.4 is 10.1 Å². The molecular weight excluding hydrogens is 448 g/mol. The Bertz CT molecular complexity index is 1160. The number of H-pyrrole nitrogens is 1. The van der Waals surface area contributed by atoms with Crippen LogP contribution in [-0.2, 0) is 9.47 Å². The van der Waals surface area contributed by atoms with Gasteiger partial charge in [-0.15, -0.1) is 11.3 Å². The van der Waals surface area contributed by atoms with E-state index < -0.39 is 24.5 Å². The highest BCUT2D eigenvalue weighted by molar-refractivity contribution is 7.18. The van der Waals surface area contributed by atoms with E-state index >= 15 is 0 Å². The number of ether oxygens (including phenoxy) is 3. The van der Waals surface area contributed by atoms with Crippen molar-refractivity contribution in [3.8, 4) is 17.0 Å². The molecular formula is C20H17F2N3O6S. The van der Waals surface area contributed by atoms with Gasteiger partial charge in [0.2, 0.25) is 0 Å². The number of halogens is 2. The van der Waals surface area contributed by atoms with Gasteiger partial charge in [0.1, 0.15) is 21.3 Å². The molecule has 1 amide bonds. The van der Waals surface area contributed by atoms with Gasteiger partial charge >= 0.3 is 18.6 Å². The average molecular weight is 465 g/mol. The number of alkyl halides is 2. The summed E-state index contributed by atoms with van der Waals surface area (Å²) in [7, 11) is 2.39. The molecule has 2 N–H and O–H groups in total. The van der Waals surface area contributed by atoms with Crippen LogP contribution >= 0.6 is 11.3 Å². The Balaban J connectivity index is 1.83. The van der Waals surface area contributed by atoms with E-state index in [4.69, 9.17) is 9.47 Å². The van der Waals surface area contributed by atoms with Gasteiger partial charge in [0.15, 0.2) is 0 Å². The number of benzene rings is 1. The van der Waals surface area contributed by atoms with Crippen molar-refractivity contribution in [2.75, 3.05) is 19.5 Å². The molecule has 0 atom stereocenters. The minimum atomic E-state index is -2.93. The Kier molecular flexibility index (Phi) is 6.83. The van der Waals surface area contributed by atoms with Crippen molar-refractivity contribution in [1.29, 1.82) is 0 Å². The van der Waals surface area contributed by atoms with Crippen molar-refractivity contribution in [3.63, 3.8) is 0 Å². The molecule has 168 valence electrons. The maximum Gasteiger partial charge on any atom is 0.387 e.